The molecule has 0 saturated carbocycles. The molecule has 2 rings (SSSR count). The second-order valence-corrected chi connectivity index (χ2v) is 5.58. The van der Waals surface area contributed by atoms with Crippen LogP contribution in [0.15, 0.2) is 21.7 Å². The lowest BCUT2D eigenvalue weighted by molar-refractivity contribution is -0.148. The summed E-state index contributed by atoms with van der Waals surface area (Å²) in [5.74, 6) is -1.07. The summed E-state index contributed by atoms with van der Waals surface area (Å²) in [7, 11) is 1.22. The van der Waals surface area contributed by atoms with Crippen molar-refractivity contribution in [1.82, 2.24) is 4.90 Å². The predicted octanol–water partition coefficient (Wildman–Crippen LogP) is 2.35. The lowest BCUT2D eigenvalue weighted by atomic mass is 10.2. The van der Waals surface area contributed by atoms with Crippen LogP contribution in [0.25, 0.3) is 6.08 Å². The van der Waals surface area contributed by atoms with E-state index in [-0.39, 0.29) is 0 Å². The van der Waals surface area contributed by atoms with E-state index < -0.39 is 23.2 Å². The zero-order valence-electron chi connectivity index (χ0n) is 10.3. The van der Waals surface area contributed by atoms with Crippen LogP contribution < -0.4 is 0 Å². The Hall–Kier alpha value is -1.60. The summed E-state index contributed by atoms with van der Waals surface area (Å²) in [4.78, 5) is 36.6. The molecule has 19 heavy (non-hydrogen) atoms. The molecule has 2 amide bonds. The fourth-order valence-electron chi connectivity index (χ4n) is 1.60. The van der Waals surface area contributed by atoms with Gasteiger partial charge in [-0.3, -0.25) is 14.5 Å². The first-order valence-corrected chi connectivity index (χ1v) is 7.17. The monoisotopic (exact) mass is 297 g/mol. The molecule has 100 valence electrons. The summed E-state index contributed by atoms with van der Waals surface area (Å²) in [5, 5.41) is 3.30. The molecule has 1 aliphatic rings. The molecule has 7 heteroatoms. The molecule has 0 aromatic carbocycles. The van der Waals surface area contributed by atoms with E-state index in [1.165, 1.54) is 25.4 Å². The van der Waals surface area contributed by atoms with Crippen LogP contribution in [0.4, 0.5) is 4.79 Å². The van der Waals surface area contributed by atoms with Crippen molar-refractivity contribution in [3.8, 4) is 0 Å². The van der Waals surface area contributed by atoms with E-state index in [1.807, 2.05) is 16.8 Å². The van der Waals surface area contributed by atoms with E-state index in [2.05, 4.69) is 4.74 Å². The SMILES string of the molecule is COC(=O)[C@@H](C)N1C(=O)S/C(=C/c2ccsc2)C1=O. The van der Waals surface area contributed by atoms with E-state index in [9.17, 15) is 14.4 Å². The molecular formula is C12H11NO4S2. The largest absolute Gasteiger partial charge is 0.467 e. The number of methoxy groups -OCH3 is 1. The van der Waals surface area contributed by atoms with Gasteiger partial charge in [0.15, 0.2) is 0 Å². The number of hydrogen-bond acceptors (Lipinski definition) is 6. The Morgan fingerprint density at radius 2 is 2.21 bits per heavy atom. The average Bonchev–Trinajstić information content (AvgIpc) is 2.98. The standard InChI is InChI=1S/C12H11NO4S2/c1-7(11(15)17-2)13-10(14)9(19-12(13)16)5-8-3-4-18-6-8/h3-7H,1-2H3/b9-5+/t7-/m1/s1. The molecule has 0 aliphatic carbocycles. The van der Waals surface area contributed by atoms with Crippen molar-refractivity contribution in [2.75, 3.05) is 7.11 Å². The minimum absolute atomic E-state index is 0.319. The number of thiophene rings is 1. The van der Waals surface area contributed by atoms with Crippen molar-refractivity contribution in [3.63, 3.8) is 0 Å². The van der Waals surface area contributed by atoms with Gasteiger partial charge in [0.25, 0.3) is 11.1 Å². The van der Waals surface area contributed by atoms with Gasteiger partial charge in [0, 0.05) is 0 Å². The minimum Gasteiger partial charge on any atom is -0.467 e. The van der Waals surface area contributed by atoms with Crippen molar-refractivity contribution in [1.29, 1.82) is 0 Å². The summed E-state index contributed by atoms with van der Waals surface area (Å²) in [6, 6.07) is 0.938. The molecule has 1 atom stereocenters. The number of thioether (sulfide) groups is 1. The fraction of sp³-hybridized carbons (Fsp3) is 0.250. The Morgan fingerprint density at radius 3 is 2.79 bits per heavy atom. The van der Waals surface area contributed by atoms with E-state index in [4.69, 9.17) is 0 Å². The van der Waals surface area contributed by atoms with Crippen molar-refractivity contribution < 1.29 is 19.1 Å². The number of esters is 1. The van der Waals surface area contributed by atoms with Gasteiger partial charge in [-0.15, -0.1) is 0 Å². The van der Waals surface area contributed by atoms with Gasteiger partial charge in [0.2, 0.25) is 0 Å². The molecular weight excluding hydrogens is 286 g/mol. The van der Waals surface area contributed by atoms with Crippen LogP contribution in [0, 0.1) is 0 Å². The fourth-order valence-corrected chi connectivity index (χ4v) is 3.12. The summed E-state index contributed by atoms with van der Waals surface area (Å²) < 4.78 is 4.55. The van der Waals surface area contributed by atoms with Crippen LogP contribution >= 0.6 is 23.1 Å². The number of amides is 2. The summed E-state index contributed by atoms with van der Waals surface area (Å²) in [5.41, 5.74) is 0.862. The second kappa shape index (κ2) is 5.58. The summed E-state index contributed by atoms with van der Waals surface area (Å²) >= 11 is 2.33. The highest BCUT2D eigenvalue weighted by Gasteiger charge is 2.41. The molecule has 0 unspecified atom stereocenters. The summed E-state index contributed by atoms with van der Waals surface area (Å²) in [6.07, 6.45) is 1.64. The maximum Gasteiger partial charge on any atom is 0.328 e. The number of rotatable bonds is 3. The number of carbonyl (C=O) groups excluding carboxylic acids is 3. The molecule has 1 fully saturated rings. The third kappa shape index (κ3) is 2.71. The summed E-state index contributed by atoms with van der Waals surface area (Å²) in [6.45, 7) is 1.47. The maximum absolute atomic E-state index is 12.1. The number of hydrogen-bond donors (Lipinski definition) is 0. The van der Waals surface area contributed by atoms with E-state index >= 15 is 0 Å². The Labute approximate surface area is 118 Å². The van der Waals surface area contributed by atoms with Gasteiger partial charge >= 0.3 is 5.97 Å². The van der Waals surface area contributed by atoms with E-state index in [0.29, 0.717) is 4.91 Å². The van der Waals surface area contributed by atoms with Gasteiger partial charge in [-0.25, -0.2) is 4.79 Å². The van der Waals surface area contributed by atoms with Crippen molar-refractivity contribution in [2.24, 2.45) is 0 Å². The van der Waals surface area contributed by atoms with Crippen molar-refractivity contribution in [2.45, 2.75) is 13.0 Å². The normalized spacial score (nSPS) is 19.1. The predicted molar refractivity (Wildman–Crippen MR) is 73.6 cm³/mol. The first-order valence-electron chi connectivity index (χ1n) is 5.41. The Kier molecular flexibility index (Phi) is 4.06. The average molecular weight is 297 g/mol. The molecule has 1 aliphatic heterocycles. The van der Waals surface area contributed by atoms with Gasteiger partial charge in [-0.2, -0.15) is 11.3 Å². The van der Waals surface area contributed by atoms with E-state index in [1.54, 1.807) is 6.08 Å². The lowest BCUT2D eigenvalue weighted by Crippen LogP contribution is -2.42. The Bertz CT molecular complexity index is 550. The van der Waals surface area contributed by atoms with Gasteiger partial charge in [0.1, 0.15) is 6.04 Å². The molecule has 0 bridgehead atoms. The molecule has 5 nitrogen and oxygen atoms in total. The van der Waals surface area contributed by atoms with Crippen molar-refractivity contribution in [3.05, 3.63) is 27.3 Å². The highest BCUT2D eigenvalue weighted by atomic mass is 32.2. The van der Waals surface area contributed by atoms with Gasteiger partial charge < -0.3 is 4.74 Å². The van der Waals surface area contributed by atoms with Gasteiger partial charge in [-0.1, -0.05) is 0 Å². The van der Waals surface area contributed by atoms with Crippen molar-refractivity contribution >= 4 is 46.3 Å². The molecule has 0 radical (unpaired) electrons. The van der Waals surface area contributed by atoms with E-state index in [0.717, 1.165) is 22.2 Å². The first kappa shape index (κ1) is 13.8. The Morgan fingerprint density at radius 1 is 1.47 bits per heavy atom. The third-order valence-electron chi connectivity index (χ3n) is 2.59. The van der Waals surface area contributed by atoms with Crippen LogP contribution in [-0.2, 0) is 14.3 Å². The lowest BCUT2D eigenvalue weighted by Gasteiger charge is -2.18. The van der Waals surface area contributed by atoms with Gasteiger partial charge in [-0.05, 0) is 47.2 Å². The second-order valence-electron chi connectivity index (χ2n) is 3.81. The molecule has 1 aromatic heterocycles. The van der Waals surface area contributed by atoms with Gasteiger partial charge in [0.05, 0.1) is 12.0 Å². The topological polar surface area (TPSA) is 63.7 Å². The molecule has 2 heterocycles. The minimum atomic E-state index is -0.911. The highest BCUT2D eigenvalue weighted by Crippen LogP contribution is 2.33. The number of nitrogens with zero attached hydrogens (tertiary/aromatic N) is 1. The maximum atomic E-state index is 12.1. The van der Waals surface area contributed by atoms with Crippen LogP contribution in [0.5, 0.6) is 0 Å². The Balaban J connectivity index is 2.24. The zero-order valence-corrected chi connectivity index (χ0v) is 11.9. The quantitative estimate of drug-likeness (QED) is 0.633. The molecule has 0 N–H and O–H groups in total. The molecule has 1 aromatic rings. The third-order valence-corrected chi connectivity index (χ3v) is 4.18. The van der Waals surface area contributed by atoms with Crippen LogP contribution in [0.2, 0.25) is 0 Å². The van der Waals surface area contributed by atoms with Crippen LogP contribution in [0.3, 0.4) is 0 Å². The van der Waals surface area contributed by atoms with Crippen LogP contribution in [0.1, 0.15) is 12.5 Å². The molecule has 0 spiro atoms. The highest BCUT2D eigenvalue weighted by molar-refractivity contribution is 8.18. The number of carbonyl (C=O) groups is 3. The smallest absolute Gasteiger partial charge is 0.328 e. The van der Waals surface area contributed by atoms with Crippen LogP contribution in [-0.4, -0.2) is 35.2 Å². The number of imide groups is 1. The zero-order chi connectivity index (χ0) is 14.0. The molecule has 1 saturated heterocycles. The number of ether oxygens (including phenoxy) is 1. The first-order chi connectivity index (χ1) is 9.04.